The number of thiol groups is 2. The van der Waals surface area contributed by atoms with Gasteiger partial charge in [-0.3, -0.25) is 4.79 Å². The molecule has 5 heteroatoms. The topological polar surface area (TPSA) is 37.3 Å². The summed E-state index contributed by atoms with van der Waals surface area (Å²) in [5, 5.41) is 8.97. The van der Waals surface area contributed by atoms with Crippen molar-refractivity contribution in [3.63, 3.8) is 0 Å². The predicted octanol–water partition coefficient (Wildman–Crippen LogP) is 7.30. The third kappa shape index (κ3) is 6.15. The van der Waals surface area contributed by atoms with Crippen molar-refractivity contribution in [1.82, 2.24) is 0 Å². The highest BCUT2D eigenvalue weighted by molar-refractivity contribution is 8.69. The molecule has 0 aliphatic heterocycles. The second-order valence-corrected chi connectivity index (χ2v) is 10.2. The summed E-state index contributed by atoms with van der Waals surface area (Å²) in [4.78, 5) is 11.2. The van der Waals surface area contributed by atoms with Crippen molar-refractivity contribution in [1.29, 1.82) is 0 Å². The number of carboxylic acids is 1. The minimum Gasteiger partial charge on any atom is -0.480 e. The van der Waals surface area contributed by atoms with E-state index in [1.165, 1.54) is 16.7 Å². The Labute approximate surface area is 206 Å². The molecular formula is C27H30O2S3. The van der Waals surface area contributed by atoms with E-state index in [0.29, 0.717) is 6.42 Å². The molecule has 0 aromatic heterocycles. The van der Waals surface area contributed by atoms with E-state index in [1.807, 2.05) is 0 Å². The van der Waals surface area contributed by atoms with E-state index in [0.717, 1.165) is 36.5 Å². The first-order chi connectivity index (χ1) is 15.6. The number of carbonyl (C=O) groups is 1. The van der Waals surface area contributed by atoms with Gasteiger partial charge < -0.3 is 5.11 Å². The minimum atomic E-state index is -0.794. The van der Waals surface area contributed by atoms with Crippen molar-refractivity contribution in [2.24, 2.45) is 0 Å². The summed E-state index contributed by atoms with van der Waals surface area (Å²) in [6, 6.07) is 32.1. The fourth-order valence-electron chi connectivity index (χ4n) is 4.39. The largest absolute Gasteiger partial charge is 0.480 e. The van der Waals surface area contributed by atoms with Crippen LogP contribution in [0.1, 0.15) is 48.8 Å². The standard InChI is InChI=1S/C27H30O2S3/c28-26(29)25(32-31)18-10-17-24(30)19-20-27(21-11-4-1-5-12-21,22-13-6-2-7-14-22)23-15-8-3-9-16-23/h1-9,11-16,24-25,30-31H,10,17-20H2,(H,28,29). The van der Waals surface area contributed by atoms with Gasteiger partial charge in [0.2, 0.25) is 0 Å². The normalized spacial score (nSPS) is 13.4. The van der Waals surface area contributed by atoms with Gasteiger partial charge in [0.05, 0.1) is 0 Å². The molecule has 0 fully saturated rings. The number of benzene rings is 3. The minimum absolute atomic E-state index is 0.199. The van der Waals surface area contributed by atoms with Crippen LogP contribution >= 0.6 is 35.1 Å². The highest BCUT2D eigenvalue weighted by Crippen LogP contribution is 2.43. The van der Waals surface area contributed by atoms with Gasteiger partial charge in [-0.1, -0.05) is 108 Å². The molecule has 0 bridgehead atoms. The summed E-state index contributed by atoms with van der Waals surface area (Å²) >= 11 is 8.99. The number of rotatable bonds is 12. The lowest BCUT2D eigenvalue weighted by Gasteiger charge is -2.37. The van der Waals surface area contributed by atoms with Gasteiger partial charge in [0.15, 0.2) is 0 Å². The van der Waals surface area contributed by atoms with E-state index in [1.54, 1.807) is 0 Å². The maximum atomic E-state index is 11.2. The van der Waals surface area contributed by atoms with Crippen LogP contribution in [0, 0.1) is 0 Å². The van der Waals surface area contributed by atoms with Crippen molar-refractivity contribution in [2.45, 2.75) is 48.0 Å². The summed E-state index contributed by atoms with van der Waals surface area (Å²) in [7, 11) is 1.11. The molecule has 0 aliphatic rings. The van der Waals surface area contributed by atoms with Gasteiger partial charge in [-0.15, -0.1) is 11.7 Å². The summed E-state index contributed by atoms with van der Waals surface area (Å²) in [5.41, 5.74) is 3.55. The van der Waals surface area contributed by atoms with Gasteiger partial charge in [-0.2, -0.15) is 12.6 Å². The first kappa shape index (κ1) is 24.8. The van der Waals surface area contributed by atoms with Crippen LogP contribution in [-0.2, 0) is 10.2 Å². The number of hydrogen-bond donors (Lipinski definition) is 3. The molecule has 0 aliphatic carbocycles. The molecular weight excluding hydrogens is 452 g/mol. The zero-order valence-corrected chi connectivity index (χ0v) is 20.6. The molecule has 0 spiro atoms. The molecule has 0 saturated carbocycles. The zero-order chi connectivity index (χ0) is 22.8. The molecule has 0 heterocycles. The second-order valence-electron chi connectivity index (χ2n) is 8.06. The first-order valence-corrected chi connectivity index (χ1v) is 13.4. The average molecular weight is 483 g/mol. The van der Waals surface area contributed by atoms with Crippen LogP contribution in [0.15, 0.2) is 91.0 Å². The molecule has 3 aromatic rings. The van der Waals surface area contributed by atoms with Crippen LogP contribution in [0.2, 0.25) is 0 Å². The van der Waals surface area contributed by atoms with Gasteiger partial charge in [0.25, 0.3) is 0 Å². The maximum absolute atomic E-state index is 11.2. The first-order valence-electron chi connectivity index (χ1n) is 11.0. The van der Waals surface area contributed by atoms with Crippen molar-refractivity contribution in [2.75, 3.05) is 0 Å². The van der Waals surface area contributed by atoms with E-state index < -0.39 is 11.2 Å². The summed E-state index contributed by atoms with van der Waals surface area (Å²) < 4.78 is 0. The molecule has 1 N–H and O–H groups in total. The zero-order valence-electron chi connectivity index (χ0n) is 18.0. The molecule has 3 aromatic carbocycles. The Morgan fingerprint density at radius 1 is 0.781 bits per heavy atom. The van der Waals surface area contributed by atoms with Crippen LogP contribution in [0.4, 0.5) is 0 Å². The van der Waals surface area contributed by atoms with E-state index in [4.69, 9.17) is 12.6 Å². The Morgan fingerprint density at radius 3 is 1.59 bits per heavy atom. The van der Waals surface area contributed by atoms with Crippen LogP contribution in [0.3, 0.4) is 0 Å². The van der Waals surface area contributed by atoms with Crippen LogP contribution in [0.25, 0.3) is 0 Å². The van der Waals surface area contributed by atoms with Gasteiger partial charge >= 0.3 is 5.97 Å². The lowest BCUT2D eigenvalue weighted by molar-refractivity contribution is -0.136. The average Bonchev–Trinajstić information content (AvgIpc) is 2.84. The summed E-state index contributed by atoms with van der Waals surface area (Å²) in [5.74, 6) is -0.794. The number of aliphatic carboxylic acids is 1. The molecule has 2 unspecified atom stereocenters. The van der Waals surface area contributed by atoms with Gasteiger partial charge in [-0.25, -0.2) is 0 Å². The van der Waals surface area contributed by atoms with E-state index in [-0.39, 0.29) is 10.7 Å². The second kappa shape index (κ2) is 12.4. The predicted molar refractivity (Wildman–Crippen MR) is 143 cm³/mol. The van der Waals surface area contributed by atoms with Crippen molar-refractivity contribution >= 4 is 41.1 Å². The lowest BCUT2D eigenvalue weighted by atomic mass is 9.66. The smallest absolute Gasteiger partial charge is 0.317 e. The van der Waals surface area contributed by atoms with E-state index in [9.17, 15) is 9.90 Å². The molecule has 168 valence electrons. The Morgan fingerprint density at radius 2 is 1.22 bits per heavy atom. The van der Waals surface area contributed by atoms with Crippen LogP contribution in [-0.4, -0.2) is 21.6 Å². The van der Waals surface area contributed by atoms with Crippen molar-refractivity contribution < 1.29 is 9.90 Å². The third-order valence-electron chi connectivity index (χ3n) is 6.06. The van der Waals surface area contributed by atoms with Gasteiger partial charge in [0, 0.05) is 10.7 Å². The summed E-state index contributed by atoms with van der Waals surface area (Å²) in [6.07, 6.45) is 4.17. The highest BCUT2D eigenvalue weighted by Gasteiger charge is 2.36. The van der Waals surface area contributed by atoms with Gasteiger partial charge in [0.1, 0.15) is 5.25 Å². The maximum Gasteiger partial charge on any atom is 0.317 e. The molecule has 32 heavy (non-hydrogen) atoms. The SMILES string of the molecule is O=C(O)C(CCCC(S)CCC(c1ccccc1)(c1ccccc1)c1ccccc1)SS. The van der Waals surface area contributed by atoms with Gasteiger partial charge in [-0.05, 0) is 42.4 Å². The van der Waals surface area contributed by atoms with Crippen LogP contribution in [0.5, 0.6) is 0 Å². The molecule has 2 nitrogen and oxygen atoms in total. The molecule has 0 amide bonds. The monoisotopic (exact) mass is 482 g/mol. The Kier molecular flexibility index (Phi) is 9.64. The highest BCUT2D eigenvalue weighted by atomic mass is 33.1. The quantitative estimate of drug-likeness (QED) is 0.144. The van der Waals surface area contributed by atoms with Crippen LogP contribution < -0.4 is 0 Å². The van der Waals surface area contributed by atoms with E-state index in [2.05, 4.69) is 103 Å². The van der Waals surface area contributed by atoms with Crippen molar-refractivity contribution in [3.8, 4) is 0 Å². The molecule has 3 rings (SSSR count). The fraction of sp³-hybridized carbons (Fsp3) is 0.296. The molecule has 0 saturated heterocycles. The Balaban J connectivity index is 1.86. The van der Waals surface area contributed by atoms with Crippen molar-refractivity contribution in [3.05, 3.63) is 108 Å². The Bertz CT molecular complexity index is 852. The number of hydrogen-bond acceptors (Lipinski definition) is 4. The summed E-state index contributed by atoms with van der Waals surface area (Å²) in [6.45, 7) is 0. The lowest BCUT2D eigenvalue weighted by Crippen LogP contribution is -2.30. The number of carboxylic acid groups (broad SMARTS) is 1. The molecule has 0 radical (unpaired) electrons. The third-order valence-corrected chi connectivity index (χ3v) is 8.03. The fourth-order valence-corrected chi connectivity index (χ4v) is 5.65. The Hall–Kier alpha value is -1.82. The van der Waals surface area contributed by atoms with E-state index >= 15 is 0 Å². The molecule has 2 atom stereocenters.